The van der Waals surface area contributed by atoms with E-state index < -0.39 is 5.97 Å². The fraction of sp³-hybridized carbons (Fsp3) is 0.556. The van der Waals surface area contributed by atoms with Crippen LogP contribution in [0.1, 0.15) is 38.2 Å². The third-order valence-corrected chi connectivity index (χ3v) is 3.58. The smallest absolute Gasteiger partial charge is 0.314 e. The lowest BCUT2D eigenvalue weighted by atomic mass is 10.1. The normalized spacial score (nSPS) is 10.2. The summed E-state index contributed by atoms with van der Waals surface area (Å²) in [5, 5.41) is 14.1. The van der Waals surface area contributed by atoms with Crippen molar-refractivity contribution in [2.45, 2.75) is 39.0 Å². The zero-order valence-corrected chi connectivity index (χ0v) is 15.0. The van der Waals surface area contributed by atoms with Crippen molar-refractivity contribution in [2.24, 2.45) is 0 Å². The van der Waals surface area contributed by atoms with Crippen molar-refractivity contribution in [1.29, 1.82) is 0 Å². The Kier molecular flexibility index (Phi) is 9.89. The molecule has 0 spiro atoms. The van der Waals surface area contributed by atoms with Crippen LogP contribution in [0.25, 0.3) is 0 Å². The second kappa shape index (κ2) is 12.0. The van der Waals surface area contributed by atoms with Gasteiger partial charge in [0.2, 0.25) is 0 Å². The van der Waals surface area contributed by atoms with E-state index in [4.69, 9.17) is 14.6 Å². The van der Waals surface area contributed by atoms with Crippen LogP contribution in [0.3, 0.4) is 0 Å². The van der Waals surface area contributed by atoms with Crippen molar-refractivity contribution >= 4 is 12.0 Å². The third kappa shape index (κ3) is 8.83. The van der Waals surface area contributed by atoms with Crippen LogP contribution in [-0.2, 0) is 11.2 Å². The average Bonchev–Trinajstić information content (AvgIpc) is 2.59. The summed E-state index contributed by atoms with van der Waals surface area (Å²) in [6, 6.07) is 5.52. The first kappa shape index (κ1) is 20.6. The molecule has 0 aromatic heterocycles. The highest BCUT2D eigenvalue weighted by Crippen LogP contribution is 2.28. The predicted octanol–water partition coefficient (Wildman–Crippen LogP) is 2.58. The number of ether oxygens (including phenoxy) is 2. The second-order valence-corrected chi connectivity index (χ2v) is 5.56. The number of carboxylic acids is 1. The Morgan fingerprint density at radius 1 is 1.08 bits per heavy atom. The summed E-state index contributed by atoms with van der Waals surface area (Å²) in [4.78, 5) is 22.0. The number of hydrogen-bond acceptors (Lipinski definition) is 4. The number of hydrogen-bond donors (Lipinski definition) is 3. The van der Waals surface area contributed by atoms with Gasteiger partial charge in [-0.05, 0) is 43.9 Å². The molecule has 3 N–H and O–H groups in total. The highest BCUT2D eigenvalue weighted by atomic mass is 16.5. The summed E-state index contributed by atoms with van der Waals surface area (Å²) in [7, 11) is 1.60. The van der Waals surface area contributed by atoms with Gasteiger partial charge in [-0.3, -0.25) is 4.79 Å². The van der Waals surface area contributed by atoms with E-state index in [1.165, 1.54) is 0 Å². The number of amides is 2. The summed E-state index contributed by atoms with van der Waals surface area (Å²) in [5.41, 5.74) is 1.05. The number of methoxy groups -OCH3 is 1. The fourth-order valence-electron chi connectivity index (χ4n) is 2.31. The molecule has 0 aliphatic rings. The molecule has 0 aliphatic heterocycles. The molecule has 140 valence electrons. The molecule has 0 radical (unpaired) electrons. The molecule has 0 atom stereocenters. The van der Waals surface area contributed by atoms with Gasteiger partial charge in [-0.2, -0.15) is 0 Å². The molecule has 25 heavy (non-hydrogen) atoms. The lowest BCUT2D eigenvalue weighted by molar-refractivity contribution is -0.137. The van der Waals surface area contributed by atoms with Gasteiger partial charge in [0.25, 0.3) is 0 Å². The molecule has 7 nitrogen and oxygen atoms in total. The van der Waals surface area contributed by atoms with Crippen molar-refractivity contribution in [3.05, 3.63) is 23.8 Å². The van der Waals surface area contributed by atoms with Crippen molar-refractivity contribution in [3.63, 3.8) is 0 Å². The van der Waals surface area contributed by atoms with Crippen molar-refractivity contribution in [1.82, 2.24) is 10.6 Å². The zero-order chi connectivity index (χ0) is 18.5. The van der Waals surface area contributed by atoms with E-state index in [0.29, 0.717) is 44.0 Å². The van der Waals surface area contributed by atoms with Gasteiger partial charge >= 0.3 is 12.0 Å². The first-order valence-electron chi connectivity index (χ1n) is 8.60. The Balaban J connectivity index is 2.21. The minimum Gasteiger partial charge on any atom is -0.493 e. The predicted molar refractivity (Wildman–Crippen MR) is 95.4 cm³/mol. The third-order valence-electron chi connectivity index (χ3n) is 3.58. The van der Waals surface area contributed by atoms with Crippen LogP contribution < -0.4 is 20.1 Å². The van der Waals surface area contributed by atoms with E-state index in [-0.39, 0.29) is 12.5 Å². The van der Waals surface area contributed by atoms with Gasteiger partial charge in [-0.1, -0.05) is 12.5 Å². The van der Waals surface area contributed by atoms with Gasteiger partial charge in [-0.15, -0.1) is 0 Å². The average molecular weight is 352 g/mol. The number of unbranched alkanes of at least 4 members (excludes halogenated alkanes) is 2. The molecule has 0 fully saturated rings. The van der Waals surface area contributed by atoms with E-state index in [2.05, 4.69) is 10.6 Å². The number of rotatable bonds is 12. The van der Waals surface area contributed by atoms with E-state index in [9.17, 15) is 9.59 Å². The fourth-order valence-corrected chi connectivity index (χ4v) is 2.31. The standard InChI is InChI=1S/C18H28N2O5/c1-3-25-15-9-8-14(13-16(15)24-2)10-12-20-18(23)19-11-6-4-5-7-17(21)22/h8-9,13H,3-7,10-12H2,1-2H3,(H,21,22)(H2,19,20,23). The number of aliphatic carboxylic acids is 1. The van der Waals surface area contributed by atoms with Gasteiger partial charge < -0.3 is 25.2 Å². The van der Waals surface area contributed by atoms with Gasteiger partial charge in [0.05, 0.1) is 13.7 Å². The van der Waals surface area contributed by atoms with Gasteiger partial charge in [0.15, 0.2) is 11.5 Å². The number of nitrogens with one attached hydrogen (secondary N) is 2. The SMILES string of the molecule is CCOc1ccc(CCNC(=O)NCCCCCC(=O)O)cc1OC. The largest absolute Gasteiger partial charge is 0.493 e. The number of benzene rings is 1. The molecule has 0 saturated heterocycles. The van der Waals surface area contributed by atoms with Gasteiger partial charge in [0, 0.05) is 19.5 Å². The van der Waals surface area contributed by atoms with Crippen LogP contribution in [-0.4, -0.2) is 43.9 Å². The van der Waals surface area contributed by atoms with Gasteiger partial charge in [-0.25, -0.2) is 4.79 Å². The molecule has 0 saturated carbocycles. The van der Waals surface area contributed by atoms with E-state index in [1.54, 1.807) is 7.11 Å². The maximum absolute atomic E-state index is 11.7. The summed E-state index contributed by atoms with van der Waals surface area (Å²) in [6.07, 6.45) is 3.07. The van der Waals surface area contributed by atoms with E-state index in [0.717, 1.165) is 18.4 Å². The maximum atomic E-state index is 11.7. The molecule has 1 aromatic rings. The summed E-state index contributed by atoms with van der Waals surface area (Å²) in [6.45, 7) is 3.56. The molecule has 1 rings (SSSR count). The van der Waals surface area contributed by atoms with Crippen LogP contribution in [0.15, 0.2) is 18.2 Å². The molecule has 7 heteroatoms. The molecule has 1 aromatic carbocycles. The Labute approximate surface area is 148 Å². The summed E-state index contributed by atoms with van der Waals surface area (Å²) < 4.78 is 10.8. The highest BCUT2D eigenvalue weighted by Gasteiger charge is 2.06. The molecule has 2 amide bonds. The van der Waals surface area contributed by atoms with Crippen LogP contribution in [0.5, 0.6) is 11.5 Å². The van der Waals surface area contributed by atoms with Crippen LogP contribution in [0.4, 0.5) is 4.79 Å². The Morgan fingerprint density at radius 3 is 2.52 bits per heavy atom. The Hall–Kier alpha value is -2.44. The van der Waals surface area contributed by atoms with Crippen LogP contribution >= 0.6 is 0 Å². The molecule has 0 unspecified atom stereocenters. The molecular formula is C18H28N2O5. The maximum Gasteiger partial charge on any atom is 0.314 e. The number of urea groups is 1. The van der Waals surface area contributed by atoms with Crippen molar-refractivity contribution < 1.29 is 24.2 Å². The molecular weight excluding hydrogens is 324 g/mol. The van der Waals surface area contributed by atoms with Crippen molar-refractivity contribution in [3.8, 4) is 11.5 Å². The number of carboxylic acid groups (broad SMARTS) is 1. The minimum atomic E-state index is -0.781. The summed E-state index contributed by atoms with van der Waals surface area (Å²) >= 11 is 0. The topological polar surface area (TPSA) is 96.9 Å². The second-order valence-electron chi connectivity index (χ2n) is 5.56. The first-order chi connectivity index (χ1) is 12.1. The molecule has 0 aliphatic carbocycles. The summed E-state index contributed by atoms with van der Waals surface area (Å²) in [5.74, 6) is 0.615. The van der Waals surface area contributed by atoms with Crippen LogP contribution in [0, 0.1) is 0 Å². The molecule has 0 bridgehead atoms. The highest BCUT2D eigenvalue weighted by molar-refractivity contribution is 5.73. The van der Waals surface area contributed by atoms with E-state index in [1.807, 2.05) is 25.1 Å². The lowest BCUT2D eigenvalue weighted by Crippen LogP contribution is -2.37. The van der Waals surface area contributed by atoms with E-state index >= 15 is 0 Å². The quantitative estimate of drug-likeness (QED) is 0.502. The van der Waals surface area contributed by atoms with Crippen molar-refractivity contribution in [2.75, 3.05) is 26.8 Å². The lowest BCUT2D eigenvalue weighted by Gasteiger charge is -2.11. The first-order valence-corrected chi connectivity index (χ1v) is 8.60. The van der Waals surface area contributed by atoms with Gasteiger partial charge in [0.1, 0.15) is 0 Å². The molecule has 0 heterocycles. The zero-order valence-electron chi connectivity index (χ0n) is 15.0. The Morgan fingerprint density at radius 2 is 1.84 bits per heavy atom. The monoisotopic (exact) mass is 352 g/mol. The Bertz CT molecular complexity index is 548. The number of carbonyl (C=O) groups excluding carboxylic acids is 1. The number of carbonyl (C=O) groups is 2. The van der Waals surface area contributed by atoms with Crippen LogP contribution in [0.2, 0.25) is 0 Å². The minimum absolute atomic E-state index is 0.178.